The van der Waals surface area contributed by atoms with Crippen LogP contribution in [0.2, 0.25) is 0 Å². The van der Waals surface area contributed by atoms with Crippen LogP contribution < -0.4 is 0 Å². The number of pyridine rings is 1. The van der Waals surface area contributed by atoms with Crippen molar-refractivity contribution < 1.29 is 17.9 Å². The van der Waals surface area contributed by atoms with Gasteiger partial charge >= 0.3 is 5.97 Å². The molecule has 0 aliphatic carbocycles. The van der Waals surface area contributed by atoms with Crippen molar-refractivity contribution in [1.82, 2.24) is 9.29 Å². The van der Waals surface area contributed by atoms with Crippen molar-refractivity contribution in [2.24, 2.45) is 0 Å². The van der Waals surface area contributed by atoms with Crippen LogP contribution in [0.25, 0.3) is 0 Å². The summed E-state index contributed by atoms with van der Waals surface area (Å²) in [6, 6.07) is 2.97. The zero-order valence-corrected chi connectivity index (χ0v) is 13.1. The number of sulfonamides is 1. The Hall–Kier alpha value is -0.990. The summed E-state index contributed by atoms with van der Waals surface area (Å²) in [5.74, 6) is -0.603. The highest BCUT2D eigenvalue weighted by Gasteiger charge is 2.27. The third-order valence-electron chi connectivity index (χ3n) is 2.31. The first-order valence-electron chi connectivity index (χ1n) is 5.60. The molecule has 1 heterocycles. The molecule has 0 radical (unpaired) electrons. The number of hydrogen-bond donors (Lipinski definition) is 0. The van der Waals surface area contributed by atoms with Crippen LogP contribution in [-0.4, -0.2) is 43.9 Å². The van der Waals surface area contributed by atoms with Crippen molar-refractivity contribution in [2.45, 2.75) is 18.4 Å². The molecule has 0 N–H and O–H groups in total. The van der Waals surface area contributed by atoms with Gasteiger partial charge in [-0.05, 0) is 34.5 Å². The van der Waals surface area contributed by atoms with E-state index in [0.29, 0.717) is 10.9 Å². The van der Waals surface area contributed by atoms with Gasteiger partial charge in [0, 0.05) is 17.2 Å². The van der Waals surface area contributed by atoms with Gasteiger partial charge in [0.25, 0.3) is 10.0 Å². The first kappa shape index (κ1) is 16.1. The number of carbonyl (C=O) groups excluding carboxylic acids is 1. The van der Waals surface area contributed by atoms with Gasteiger partial charge in [0.05, 0.1) is 7.11 Å². The van der Waals surface area contributed by atoms with E-state index in [2.05, 4.69) is 25.7 Å². The van der Waals surface area contributed by atoms with Gasteiger partial charge in [0.2, 0.25) is 0 Å². The van der Waals surface area contributed by atoms with Crippen molar-refractivity contribution in [1.29, 1.82) is 0 Å². The van der Waals surface area contributed by atoms with Crippen LogP contribution >= 0.6 is 15.9 Å². The highest BCUT2D eigenvalue weighted by Crippen LogP contribution is 2.16. The summed E-state index contributed by atoms with van der Waals surface area (Å²) in [4.78, 5) is 15.1. The van der Waals surface area contributed by atoms with Gasteiger partial charge in [-0.2, -0.15) is 4.31 Å². The van der Waals surface area contributed by atoms with E-state index < -0.39 is 16.0 Å². The maximum absolute atomic E-state index is 12.3. The first-order chi connectivity index (χ1) is 8.91. The Morgan fingerprint density at radius 2 is 2.16 bits per heavy atom. The number of carbonyl (C=O) groups is 1. The average Bonchev–Trinajstić information content (AvgIpc) is 2.38. The Kier molecular flexibility index (Phi) is 5.89. The maximum atomic E-state index is 12.3. The molecule has 0 aliphatic rings. The number of rotatable bonds is 6. The molecule has 0 bridgehead atoms. The SMILES string of the molecule is CCCN(CC(=O)OC)S(=O)(=O)c1ccc(Br)cn1. The number of esters is 1. The van der Waals surface area contributed by atoms with E-state index in [1.165, 1.54) is 19.4 Å². The lowest BCUT2D eigenvalue weighted by molar-refractivity contribution is -0.140. The van der Waals surface area contributed by atoms with E-state index in [4.69, 9.17) is 0 Å². The molecule has 0 unspecified atom stereocenters. The number of halogens is 1. The highest BCUT2D eigenvalue weighted by atomic mass is 79.9. The number of aromatic nitrogens is 1. The van der Waals surface area contributed by atoms with E-state index in [9.17, 15) is 13.2 Å². The Balaban J connectivity index is 3.05. The standard InChI is InChI=1S/C11H15BrN2O4S/c1-3-6-14(8-11(15)18-2)19(16,17)10-5-4-9(12)7-13-10/h4-5,7H,3,6,8H2,1-2H3. The van der Waals surface area contributed by atoms with Gasteiger partial charge in [-0.15, -0.1) is 0 Å². The number of ether oxygens (including phenoxy) is 1. The van der Waals surface area contributed by atoms with Gasteiger partial charge in [0.1, 0.15) is 6.54 Å². The molecule has 0 saturated heterocycles. The smallest absolute Gasteiger partial charge is 0.321 e. The Morgan fingerprint density at radius 1 is 1.47 bits per heavy atom. The van der Waals surface area contributed by atoms with Gasteiger partial charge in [0.15, 0.2) is 5.03 Å². The van der Waals surface area contributed by atoms with Crippen molar-refractivity contribution >= 4 is 31.9 Å². The fourth-order valence-corrected chi connectivity index (χ4v) is 3.01. The molecule has 0 aromatic carbocycles. The van der Waals surface area contributed by atoms with Gasteiger partial charge in [-0.25, -0.2) is 13.4 Å². The number of hydrogen-bond acceptors (Lipinski definition) is 5. The zero-order valence-electron chi connectivity index (χ0n) is 10.7. The molecular weight excluding hydrogens is 336 g/mol. The van der Waals surface area contributed by atoms with Crippen LogP contribution in [0, 0.1) is 0 Å². The largest absolute Gasteiger partial charge is 0.468 e. The second-order valence-corrected chi connectivity index (χ2v) is 6.53. The third kappa shape index (κ3) is 4.26. The monoisotopic (exact) mass is 350 g/mol. The van der Waals surface area contributed by atoms with E-state index in [1.54, 1.807) is 6.07 Å². The van der Waals surface area contributed by atoms with E-state index in [1.807, 2.05) is 6.92 Å². The molecule has 0 saturated carbocycles. The minimum Gasteiger partial charge on any atom is -0.468 e. The molecule has 0 aliphatic heterocycles. The summed E-state index contributed by atoms with van der Waals surface area (Å²) in [6.07, 6.45) is 1.99. The van der Waals surface area contributed by atoms with Crippen molar-refractivity contribution in [3.8, 4) is 0 Å². The van der Waals surface area contributed by atoms with Gasteiger partial charge in [-0.3, -0.25) is 4.79 Å². The Labute approximate surface area is 121 Å². The molecule has 8 heteroatoms. The summed E-state index contributed by atoms with van der Waals surface area (Å²) in [5.41, 5.74) is 0. The van der Waals surface area contributed by atoms with Crippen LogP contribution in [0.1, 0.15) is 13.3 Å². The number of methoxy groups -OCH3 is 1. The molecule has 1 aromatic heterocycles. The fraction of sp³-hybridized carbons (Fsp3) is 0.455. The van der Waals surface area contributed by atoms with Crippen LogP contribution in [0.15, 0.2) is 27.8 Å². The van der Waals surface area contributed by atoms with E-state index in [-0.39, 0.29) is 18.1 Å². The van der Waals surface area contributed by atoms with E-state index >= 15 is 0 Å². The predicted octanol–water partition coefficient (Wildman–Crippen LogP) is 1.42. The summed E-state index contributed by atoms with van der Waals surface area (Å²) in [7, 11) is -2.57. The Bertz CT molecular complexity index is 530. The summed E-state index contributed by atoms with van der Waals surface area (Å²) < 4.78 is 30.9. The predicted molar refractivity (Wildman–Crippen MR) is 73.0 cm³/mol. The quantitative estimate of drug-likeness (QED) is 0.725. The molecular formula is C11H15BrN2O4S. The molecule has 1 rings (SSSR count). The normalized spacial score (nSPS) is 11.6. The lowest BCUT2D eigenvalue weighted by atomic mass is 10.5. The lowest BCUT2D eigenvalue weighted by Crippen LogP contribution is -2.37. The van der Waals surface area contributed by atoms with Gasteiger partial charge in [-0.1, -0.05) is 6.92 Å². The van der Waals surface area contributed by atoms with Crippen molar-refractivity contribution in [3.63, 3.8) is 0 Å². The molecule has 0 spiro atoms. The fourth-order valence-electron chi connectivity index (χ4n) is 1.39. The van der Waals surface area contributed by atoms with E-state index in [0.717, 1.165) is 4.31 Å². The van der Waals surface area contributed by atoms with Crippen molar-refractivity contribution in [2.75, 3.05) is 20.2 Å². The topological polar surface area (TPSA) is 76.6 Å². The molecule has 1 aromatic rings. The van der Waals surface area contributed by atoms with Crippen LogP contribution in [-0.2, 0) is 19.6 Å². The lowest BCUT2D eigenvalue weighted by Gasteiger charge is -2.19. The molecule has 0 fully saturated rings. The maximum Gasteiger partial charge on any atom is 0.321 e. The van der Waals surface area contributed by atoms with Crippen LogP contribution in [0.3, 0.4) is 0 Å². The highest BCUT2D eigenvalue weighted by molar-refractivity contribution is 9.10. The number of nitrogens with zero attached hydrogens (tertiary/aromatic N) is 2. The second kappa shape index (κ2) is 6.97. The zero-order chi connectivity index (χ0) is 14.5. The molecule has 0 amide bonds. The Morgan fingerprint density at radius 3 is 2.63 bits per heavy atom. The summed E-state index contributed by atoms with van der Waals surface area (Å²) >= 11 is 3.19. The summed E-state index contributed by atoms with van der Waals surface area (Å²) in [5, 5.41) is -0.0898. The summed E-state index contributed by atoms with van der Waals surface area (Å²) in [6.45, 7) is 1.74. The minimum atomic E-state index is -3.78. The first-order valence-corrected chi connectivity index (χ1v) is 7.83. The molecule has 0 atom stereocenters. The third-order valence-corrected chi connectivity index (χ3v) is 4.54. The van der Waals surface area contributed by atoms with Crippen molar-refractivity contribution in [3.05, 3.63) is 22.8 Å². The van der Waals surface area contributed by atoms with Crippen LogP contribution in [0.4, 0.5) is 0 Å². The molecule has 106 valence electrons. The second-order valence-electron chi connectivity index (χ2n) is 3.73. The van der Waals surface area contributed by atoms with Gasteiger partial charge < -0.3 is 4.74 Å². The molecule has 6 nitrogen and oxygen atoms in total. The average molecular weight is 351 g/mol. The minimum absolute atomic E-state index is 0.0898. The molecule has 19 heavy (non-hydrogen) atoms. The van der Waals surface area contributed by atoms with Crippen LogP contribution in [0.5, 0.6) is 0 Å².